The van der Waals surface area contributed by atoms with E-state index in [1.165, 1.54) is 19.3 Å². The monoisotopic (exact) mass is 235 g/mol. The number of nitriles is 1. The Morgan fingerprint density at radius 1 is 1.06 bits per heavy atom. The zero-order chi connectivity index (χ0) is 11.8. The molecular formula is C14H21NO2. The van der Waals surface area contributed by atoms with Gasteiger partial charge in [0.15, 0.2) is 5.79 Å². The molecule has 0 unspecified atom stereocenters. The molecule has 1 heterocycles. The molecule has 1 spiro atoms. The van der Waals surface area contributed by atoms with Crippen LogP contribution in [0.2, 0.25) is 0 Å². The Hall–Kier alpha value is -0.590. The van der Waals surface area contributed by atoms with Gasteiger partial charge in [-0.05, 0) is 31.6 Å². The molecule has 3 fully saturated rings. The number of hydrogen-bond donors (Lipinski definition) is 0. The highest BCUT2D eigenvalue weighted by Gasteiger charge is 2.46. The molecule has 0 aromatic carbocycles. The van der Waals surface area contributed by atoms with E-state index in [1.807, 2.05) is 0 Å². The Morgan fingerprint density at radius 2 is 1.71 bits per heavy atom. The summed E-state index contributed by atoms with van der Waals surface area (Å²) in [6.45, 7) is 1.45. The number of hydrogen-bond acceptors (Lipinski definition) is 3. The highest BCUT2D eigenvalue weighted by atomic mass is 16.7. The fourth-order valence-electron chi connectivity index (χ4n) is 3.20. The van der Waals surface area contributed by atoms with Gasteiger partial charge in [-0.3, -0.25) is 0 Å². The van der Waals surface area contributed by atoms with E-state index < -0.39 is 0 Å². The Bertz CT molecular complexity index is 314. The molecule has 1 saturated heterocycles. The first-order valence-corrected chi connectivity index (χ1v) is 6.95. The van der Waals surface area contributed by atoms with Gasteiger partial charge in [-0.15, -0.1) is 0 Å². The van der Waals surface area contributed by atoms with E-state index in [1.54, 1.807) is 0 Å². The maximum absolute atomic E-state index is 9.47. The van der Waals surface area contributed by atoms with Gasteiger partial charge in [0.1, 0.15) is 0 Å². The summed E-state index contributed by atoms with van der Waals surface area (Å²) >= 11 is 0. The van der Waals surface area contributed by atoms with Gasteiger partial charge in [0.05, 0.1) is 24.7 Å². The van der Waals surface area contributed by atoms with Crippen LogP contribution in [-0.2, 0) is 9.47 Å². The van der Waals surface area contributed by atoms with Crippen LogP contribution in [0.15, 0.2) is 0 Å². The summed E-state index contributed by atoms with van der Waals surface area (Å²) < 4.78 is 11.5. The molecule has 0 aromatic heterocycles. The van der Waals surface area contributed by atoms with Crippen LogP contribution in [0.1, 0.15) is 51.4 Å². The molecule has 3 aliphatic rings. The van der Waals surface area contributed by atoms with E-state index in [0.717, 1.165) is 51.2 Å². The third kappa shape index (κ3) is 2.34. The van der Waals surface area contributed by atoms with Crippen LogP contribution in [0.25, 0.3) is 0 Å². The van der Waals surface area contributed by atoms with Crippen LogP contribution in [0.4, 0.5) is 0 Å². The van der Waals surface area contributed by atoms with Gasteiger partial charge in [0.25, 0.3) is 0 Å². The second kappa shape index (κ2) is 4.26. The second-order valence-electron chi connectivity index (χ2n) is 5.98. The highest BCUT2D eigenvalue weighted by Crippen LogP contribution is 2.48. The van der Waals surface area contributed by atoms with Gasteiger partial charge in [-0.2, -0.15) is 5.26 Å². The molecule has 2 saturated carbocycles. The summed E-state index contributed by atoms with van der Waals surface area (Å²) in [4.78, 5) is 0. The summed E-state index contributed by atoms with van der Waals surface area (Å²) in [6, 6.07) is 2.60. The molecule has 3 nitrogen and oxygen atoms in total. The van der Waals surface area contributed by atoms with Crippen molar-refractivity contribution >= 4 is 0 Å². The van der Waals surface area contributed by atoms with Crippen LogP contribution in [0.5, 0.6) is 0 Å². The SMILES string of the molecule is N#CC1(CCC2CC2)CCC2(CC1)OCCO2. The van der Waals surface area contributed by atoms with Gasteiger partial charge < -0.3 is 9.47 Å². The van der Waals surface area contributed by atoms with Crippen molar-refractivity contribution in [1.82, 2.24) is 0 Å². The van der Waals surface area contributed by atoms with Gasteiger partial charge in [0.2, 0.25) is 0 Å². The number of nitrogens with zero attached hydrogens (tertiary/aromatic N) is 1. The van der Waals surface area contributed by atoms with Crippen LogP contribution >= 0.6 is 0 Å². The quantitative estimate of drug-likeness (QED) is 0.755. The largest absolute Gasteiger partial charge is 0.348 e. The Labute approximate surface area is 103 Å². The lowest BCUT2D eigenvalue weighted by Crippen LogP contribution is -2.39. The molecule has 0 N–H and O–H groups in total. The third-order valence-electron chi connectivity index (χ3n) is 4.75. The molecule has 0 amide bonds. The summed E-state index contributed by atoms with van der Waals surface area (Å²) in [5.74, 6) is 0.606. The molecule has 0 aromatic rings. The van der Waals surface area contributed by atoms with Crippen molar-refractivity contribution in [3.8, 4) is 6.07 Å². The molecule has 94 valence electrons. The van der Waals surface area contributed by atoms with Gasteiger partial charge in [-0.25, -0.2) is 0 Å². The molecule has 3 heteroatoms. The van der Waals surface area contributed by atoms with Crippen molar-refractivity contribution in [2.45, 2.75) is 57.2 Å². The standard InChI is InChI=1S/C14H21NO2/c15-11-13(4-3-12-1-2-12)5-7-14(8-6-13)16-9-10-17-14/h12H,1-10H2. The van der Waals surface area contributed by atoms with Crippen LogP contribution < -0.4 is 0 Å². The average Bonchev–Trinajstić information content (AvgIpc) is 3.10. The Kier molecular flexibility index (Phi) is 2.88. The van der Waals surface area contributed by atoms with E-state index in [9.17, 15) is 5.26 Å². The normalized spacial score (nSPS) is 30.3. The maximum Gasteiger partial charge on any atom is 0.168 e. The van der Waals surface area contributed by atoms with Crippen molar-refractivity contribution < 1.29 is 9.47 Å². The molecular weight excluding hydrogens is 214 g/mol. The zero-order valence-corrected chi connectivity index (χ0v) is 10.4. The lowest BCUT2D eigenvalue weighted by Gasteiger charge is -2.39. The van der Waals surface area contributed by atoms with Crippen LogP contribution in [0, 0.1) is 22.7 Å². The minimum atomic E-state index is -0.320. The first-order chi connectivity index (χ1) is 8.26. The summed E-state index contributed by atoms with van der Waals surface area (Å²) in [5, 5.41) is 9.47. The van der Waals surface area contributed by atoms with Crippen molar-refractivity contribution in [2.75, 3.05) is 13.2 Å². The molecule has 17 heavy (non-hydrogen) atoms. The lowest BCUT2D eigenvalue weighted by atomic mass is 9.70. The average molecular weight is 235 g/mol. The lowest BCUT2D eigenvalue weighted by molar-refractivity contribution is -0.187. The smallest absolute Gasteiger partial charge is 0.168 e. The van der Waals surface area contributed by atoms with E-state index in [0.29, 0.717) is 0 Å². The van der Waals surface area contributed by atoms with Crippen molar-refractivity contribution in [2.24, 2.45) is 11.3 Å². The van der Waals surface area contributed by atoms with E-state index in [-0.39, 0.29) is 11.2 Å². The second-order valence-corrected chi connectivity index (χ2v) is 5.98. The predicted octanol–water partition coefficient (Wildman–Crippen LogP) is 3.00. The van der Waals surface area contributed by atoms with E-state index >= 15 is 0 Å². The molecule has 3 rings (SSSR count). The zero-order valence-electron chi connectivity index (χ0n) is 10.4. The molecule has 1 aliphatic heterocycles. The fraction of sp³-hybridized carbons (Fsp3) is 0.929. The Morgan fingerprint density at radius 3 is 2.24 bits per heavy atom. The topological polar surface area (TPSA) is 42.2 Å². The van der Waals surface area contributed by atoms with Crippen molar-refractivity contribution in [3.05, 3.63) is 0 Å². The highest BCUT2D eigenvalue weighted by molar-refractivity contribution is 5.04. The van der Waals surface area contributed by atoms with Gasteiger partial charge >= 0.3 is 0 Å². The maximum atomic E-state index is 9.47. The minimum absolute atomic E-state index is 0.0802. The van der Waals surface area contributed by atoms with Crippen LogP contribution in [0.3, 0.4) is 0 Å². The molecule has 0 atom stereocenters. The third-order valence-corrected chi connectivity index (χ3v) is 4.75. The van der Waals surface area contributed by atoms with Crippen molar-refractivity contribution in [1.29, 1.82) is 5.26 Å². The molecule has 0 radical (unpaired) electrons. The predicted molar refractivity (Wildman–Crippen MR) is 63.1 cm³/mol. The molecule has 2 aliphatic carbocycles. The number of ether oxygens (including phenoxy) is 2. The number of rotatable bonds is 3. The summed E-state index contributed by atoms with van der Waals surface area (Å²) in [7, 11) is 0. The summed E-state index contributed by atoms with van der Waals surface area (Å²) in [6.07, 6.45) is 8.84. The van der Waals surface area contributed by atoms with Crippen LogP contribution in [-0.4, -0.2) is 19.0 Å². The Balaban J connectivity index is 1.58. The first-order valence-electron chi connectivity index (χ1n) is 6.95. The first kappa shape index (κ1) is 11.5. The fourth-order valence-corrected chi connectivity index (χ4v) is 3.20. The van der Waals surface area contributed by atoms with E-state index in [4.69, 9.17) is 9.47 Å². The molecule has 0 bridgehead atoms. The van der Waals surface area contributed by atoms with Crippen molar-refractivity contribution in [3.63, 3.8) is 0 Å². The minimum Gasteiger partial charge on any atom is -0.348 e. The summed E-state index contributed by atoms with van der Waals surface area (Å²) in [5.41, 5.74) is -0.0802. The van der Waals surface area contributed by atoms with E-state index in [2.05, 4.69) is 6.07 Å². The van der Waals surface area contributed by atoms with Gasteiger partial charge in [0, 0.05) is 12.8 Å². The van der Waals surface area contributed by atoms with Gasteiger partial charge in [-0.1, -0.05) is 12.8 Å².